The second-order valence-electron chi connectivity index (χ2n) is 2.73. The molecule has 0 aromatic rings. The van der Waals surface area contributed by atoms with Crippen molar-refractivity contribution in [1.29, 1.82) is 0 Å². The van der Waals surface area contributed by atoms with Gasteiger partial charge >= 0.3 is 0 Å². The molecule has 1 nitrogen and oxygen atoms in total. The van der Waals surface area contributed by atoms with E-state index in [4.69, 9.17) is 0 Å². The van der Waals surface area contributed by atoms with Crippen molar-refractivity contribution in [3.8, 4) is 0 Å². The van der Waals surface area contributed by atoms with Crippen LogP contribution in [0.4, 0.5) is 0 Å². The van der Waals surface area contributed by atoms with E-state index in [1.54, 1.807) is 0 Å². The summed E-state index contributed by atoms with van der Waals surface area (Å²) in [4.78, 5) is 0. The predicted octanol–water partition coefficient (Wildman–Crippen LogP) is 0.901. The van der Waals surface area contributed by atoms with Crippen LogP contribution in [0.15, 0.2) is 0 Å². The van der Waals surface area contributed by atoms with Crippen molar-refractivity contribution in [2.75, 3.05) is 0 Å². The van der Waals surface area contributed by atoms with Crippen molar-refractivity contribution < 1.29 is 0 Å². The fourth-order valence-electron chi connectivity index (χ4n) is 1.67. The topological polar surface area (TPSA) is 12.0 Å². The van der Waals surface area contributed by atoms with Gasteiger partial charge in [0.25, 0.3) is 0 Å². The van der Waals surface area contributed by atoms with Crippen LogP contribution in [0.25, 0.3) is 0 Å². The fraction of sp³-hybridized carbons (Fsp3) is 1.00. The van der Waals surface area contributed by atoms with Crippen molar-refractivity contribution >= 4 is 0 Å². The van der Waals surface area contributed by atoms with Gasteiger partial charge in [-0.25, -0.2) is 0 Å². The molecule has 2 atom stereocenters. The second-order valence-corrected chi connectivity index (χ2v) is 2.73. The number of nitrogens with one attached hydrogen (secondary N) is 1. The minimum absolute atomic E-state index is 0.929. The number of hydrogen-bond acceptors (Lipinski definition) is 1. The van der Waals surface area contributed by atoms with Gasteiger partial charge in [-0.2, -0.15) is 0 Å². The summed E-state index contributed by atoms with van der Waals surface area (Å²) >= 11 is 0. The van der Waals surface area contributed by atoms with E-state index in [1.165, 1.54) is 25.7 Å². The summed E-state index contributed by atoms with van der Waals surface area (Å²) in [5.41, 5.74) is 0. The average Bonchev–Trinajstić information content (AvgIpc) is 1.67. The molecule has 0 aromatic heterocycles. The molecule has 7 heavy (non-hydrogen) atoms. The molecule has 0 spiro atoms. The molecule has 2 saturated heterocycles. The average molecular weight is 97.2 g/mol. The van der Waals surface area contributed by atoms with Gasteiger partial charge in [-0.15, -0.1) is 0 Å². The first-order chi connectivity index (χ1) is 3.45. The zero-order valence-electron chi connectivity index (χ0n) is 4.48. The molecule has 3 aliphatic rings. The minimum atomic E-state index is 0.929. The maximum Gasteiger partial charge on any atom is 0.00844 e. The molecule has 2 heterocycles. The molecule has 0 amide bonds. The Kier molecular flexibility index (Phi) is 0.680. The third-order valence-electron chi connectivity index (χ3n) is 2.15. The first kappa shape index (κ1) is 3.90. The minimum Gasteiger partial charge on any atom is -0.311 e. The summed E-state index contributed by atoms with van der Waals surface area (Å²) in [6, 6.07) is 1.86. The monoisotopic (exact) mass is 97.1 g/mol. The van der Waals surface area contributed by atoms with E-state index >= 15 is 0 Å². The SMILES string of the molecule is C1C[C@@H]2C[C@H](C1)N2. The Morgan fingerprint density at radius 2 is 1.71 bits per heavy atom. The van der Waals surface area contributed by atoms with Crippen molar-refractivity contribution in [3.05, 3.63) is 0 Å². The van der Waals surface area contributed by atoms with E-state index in [-0.39, 0.29) is 0 Å². The lowest BCUT2D eigenvalue weighted by atomic mass is 9.83. The molecule has 0 aromatic carbocycles. The highest BCUT2D eigenvalue weighted by Gasteiger charge is 2.31. The maximum atomic E-state index is 3.48. The number of rotatable bonds is 0. The molecule has 3 rings (SSSR count). The molecule has 40 valence electrons. The van der Waals surface area contributed by atoms with Crippen LogP contribution in [0.5, 0.6) is 0 Å². The smallest absolute Gasteiger partial charge is 0.00844 e. The summed E-state index contributed by atoms with van der Waals surface area (Å²) in [5.74, 6) is 0. The molecular formula is C6H11N. The Hall–Kier alpha value is -0.0400. The Labute approximate surface area is 44.1 Å². The van der Waals surface area contributed by atoms with Gasteiger partial charge in [-0.05, 0) is 19.3 Å². The van der Waals surface area contributed by atoms with Gasteiger partial charge in [0, 0.05) is 12.1 Å². The second kappa shape index (κ2) is 1.22. The summed E-state index contributed by atoms with van der Waals surface area (Å²) < 4.78 is 0. The van der Waals surface area contributed by atoms with Crippen molar-refractivity contribution in [2.45, 2.75) is 37.8 Å². The van der Waals surface area contributed by atoms with E-state index in [2.05, 4.69) is 5.32 Å². The standard InChI is InChI=1S/C6H11N/c1-2-5-4-6(3-1)7-5/h5-7H,1-4H2/t5-,6+. The van der Waals surface area contributed by atoms with Gasteiger partial charge in [-0.3, -0.25) is 0 Å². The first-order valence-electron chi connectivity index (χ1n) is 3.21. The third kappa shape index (κ3) is 0.480. The quantitative estimate of drug-likeness (QED) is 0.473. The van der Waals surface area contributed by atoms with Gasteiger partial charge in [0.15, 0.2) is 0 Å². The van der Waals surface area contributed by atoms with Gasteiger partial charge in [-0.1, -0.05) is 6.42 Å². The van der Waals surface area contributed by atoms with Crippen LogP contribution in [0, 0.1) is 0 Å². The molecule has 0 unspecified atom stereocenters. The van der Waals surface area contributed by atoms with E-state index in [0.717, 1.165) is 12.1 Å². The molecule has 3 fully saturated rings. The Balaban J connectivity index is 1.99. The molecule has 1 saturated carbocycles. The van der Waals surface area contributed by atoms with Gasteiger partial charge in [0.2, 0.25) is 0 Å². The molecule has 1 aliphatic carbocycles. The van der Waals surface area contributed by atoms with Crippen LogP contribution < -0.4 is 5.32 Å². The van der Waals surface area contributed by atoms with Crippen LogP contribution >= 0.6 is 0 Å². The van der Waals surface area contributed by atoms with Crippen LogP contribution in [0.3, 0.4) is 0 Å². The number of piperidine rings is 1. The molecule has 1 heteroatoms. The number of fused-ring (bicyclic) bond motifs is 2. The van der Waals surface area contributed by atoms with E-state index in [0.29, 0.717) is 0 Å². The summed E-state index contributed by atoms with van der Waals surface area (Å²) in [5, 5.41) is 3.48. The normalized spacial score (nSPS) is 48.0. The van der Waals surface area contributed by atoms with Crippen molar-refractivity contribution in [3.63, 3.8) is 0 Å². The highest BCUT2D eigenvalue weighted by atomic mass is 15.0. The van der Waals surface area contributed by atoms with Crippen LogP contribution in [-0.4, -0.2) is 12.1 Å². The molecule has 1 N–H and O–H groups in total. The predicted molar refractivity (Wildman–Crippen MR) is 29.2 cm³/mol. The lowest BCUT2D eigenvalue weighted by Gasteiger charge is -2.42. The van der Waals surface area contributed by atoms with Crippen molar-refractivity contribution in [1.82, 2.24) is 5.32 Å². The fourth-order valence-corrected chi connectivity index (χ4v) is 1.67. The van der Waals surface area contributed by atoms with E-state index in [9.17, 15) is 0 Å². The van der Waals surface area contributed by atoms with E-state index < -0.39 is 0 Å². The van der Waals surface area contributed by atoms with Gasteiger partial charge < -0.3 is 5.32 Å². The zero-order valence-corrected chi connectivity index (χ0v) is 4.48. The van der Waals surface area contributed by atoms with E-state index in [1.807, 2.05) is 0 Å². The molecular weight excluding hydrogens is 86.1 g/mol. The van der Waals surface area contributed by atoms with Gasteiger partial charge in [0.05, 0.1) is 0 Å². The highest BCUT2D eigenvalue weighted by Crippen LogP contribution is 2.27. The van der Waals surface area contributed by atoms with Crippen LogP contribution in [0.2, 0.25) is 0 Å². The molecule has 0 radical (unpaired) electrons. The maximum absolute atomic E-state index is 3.48. The third-order valence-corrected chi connectivity index (χ3v) is 2.15. The zero-order chi connectivity index (χ0) is 4.69. The number of hydrogen-bond donors (Lipinski definition) is 1. The Bertz CT molecular complexity index is 60.7. The van der Waals surface area contributed by atoms with Crippen molar-refractivity contribution in [2.24, 2.45) is 0 Å². The summed E-state index contributed by atoms with van der Waals surface area (Å²) in [6.45, 7) is 0. The summed E-state index contributed by atoms with van der Waals surface area (Å²) in [6.07, 6.45) is 5.83. The Morgan fingerprint density at radius 1 is 1.14 bits per heavy atom. The lowest BCUT2D eigenvalue weighted by molar-refractivity contribution is 0.182. The van der Waals surface area contributed by atoms with Gasteiger partial charge in [0.1, 0.15) is 0 Å². The first-order valence-corrected chi connectivity index (χ1v) is 3.21. The van der Waals surface area contributed by atoms with Crippen LogP contribution in [0.1, 0.15) is 25.7 Å². The largest absolute Gasteiger partial charge is 0.311 e. The highest BCUT2D eigenvalue weighted by molar-refractivity contribution is 4.92. The summed E-state index contributed by atoms with van der Waals surface area (Å²) in [7, 11) is 0. The lowest BCUT2D eigenvalue weighted by Crippen LogP contribution is -2.55. The Morgan fingerprint density at radius 3 is 1.86 bits per heavy atom. The molecule has 2 aliphatic heterocycles. The van der Waals surface area contributed by atoms with Crippen LogP contribution in [-0.2, 0) is 0 Å². The molecule has 2 bridgehead atoms.